The number of hydrogen-bond acceptors (Lipinski definition) is 4. The van der Waals surface area contributed by atoms with Gasteiger partial charge in [0.25, 0.3) is 0 Å². The number of ether oxygens (including phenoxy) is 3. The lowest BCUT2D eigenvalue weighted by Crippen LogP contribution is -2.21. The van der Waals surface area contributed by atoms with Crippen LogP contribution in [-0.2, 0) is 14.2 Å². The minimum Gasteiger partial charge on any atom is -0.441 e. The van der Waals surface area contributed by atoms with E-state index in [1.807, 2.05) is 13.8 Å². The first-order valence-electron chi connectivity index (χ1n) is 11.3. The predicted octanol–water partition coefficient (Wildman–Crippen LogP) is 6.44. The van der Waals surface area contributed by atoms with Gasteiger partial charge in [-0.2, -0.15) is 0 Å². The molecule has 1 fully saturated rings. The summed E-state index contributed by atoms with van der Waals surface area (Å²) in [6.07, 6.45) is 8.44. The standard InChI is InChI=1S/C27H33BrO4/c1-5-7-8-9-12-15-24-25(32-27(3,4)31-24)16-13-10-11-14-23(6-2)30-26(29)21-17-19-22(28)20-18-21/h6,17-20,23-25H,2,5,7-9,12,15-16H2,1,3-4H3/t23-,24-,25-/m1/s1. The number of hydrogen-bond donors (Lipinski definition) is 0. The zero-order valence-corrected chi connectivity index (χ0v) is 20.9. The van der Waals surface area contributed by atoms with Crippen molar-refractivity contribution in [2.45, 2.75) is 89.8 Å². The van der Waals surface area contributed by atoms with Gasteiger partial charge in [0.15, 0.2) is 11.9 Å². The highest BCUT2D eigenvalue weighted by Gasteiger charge is 2.40. The summed E-state index contributed by atoms with van der Waals surface area (Å²) in [6.45, 7) is 9.79. The Balaban J connectivity index is 1.86. The maximum atomic E-state index is 12.2. The number of esters is 1. The van der Waals surface area contributed by atoms with E-state index in [1.54, 1.807) is 24.3 Å². The van der Waals surface area contributed by atoms with Crippen LogP contribution < -0.4 is 0 Å². The molecular formula is C27H33BrO4. The number of rotatable bonds is 10. The molecule has 1 aromatic rings. The Bertz CT molecular complexity index is 867. The highest BCUT2D eigenvalue weighted by atomic mass is 79.9. The Morgan fingerprint density at radius 2 is 1.84 bits per heavy atom. The van der Waals surface area contributed by atoms with E-state index in [0.29, 0.717) is 12.0 Å². The zero-order valence-electron chi connectivity index (χ0n) is 19.3. The molecule has 0 unspecified atom stereocenters. The van der Waals surface area contributed by atoms with Gasteiger partial charge < -0.3 is 14.2 Å². The van der Waals surface area contributed by atoms with Gasteiger partial charge in [-0.25, -0.2) is 4.79 Å². The molecule has 32 heavy (non-hydrogen) atoms. The monoisotopic (exact) mass is 500 g/mol. The number of unbranched alkanes of at least 4 members (excludes halogenated alkanes) is 4. The van der Waals surface area contributed by atoms with Crippen molar-refractivity contribution in [3.8, 4) is 23.7 Å². The number of benzene rings is 1. The van der Waals surface area contributed by atoms with E-state index < -0.39 is 17.9 Å². The third-order valence-electron chi connectivity index (χ3n) is 5.07. The van der Waals surface area contributed by atoms with E-state index in [1.165, 1.54) is 31.8 Å². The number of halogens is 1. The summed E-state index contributed by atoms with van der Waals surface area (Å²) in [4.78, 5) is 12.2. The lowest BCUT2D eigenvalue weighted by molar-refractivity contribution is -0.146. The lowest BCUT2D eigenvalue weighted by atomic mass is 10.0. The fraction of sp³-hybridized carbons (Fsp3) is 0.519. The normalized spacial score (nSPS) is 19.8. The summed E-state index contributed by atoms with van der Waals surface area (Å²) in [5, 5.41) is 0. The predicted molar refractivity (Wildman–Crippen MR) is 131 cm³/mol. The van der Waals surface area contributed by atoms with Gasteiger partial charge in [0.05, 0.1) is 17.8 Å². The van der Waals surface area contributed by atoms with Crippen molar-refractivity contribution in [2.24, 2.45) is 0 Å². The molecule has 4 nitrogen and oxygen atoms in total. The molecular weight excluding hydrogens is 468 g/mol. The summed E-state index contributed by atoms with van der Waals surface area (Å²) >= 11 is 3.34. The molecule has 0 amide bonds. The third-order valence-corrected chi connectivity index (χ3v) is 5.60. The first-order valence-corrected chi connectivity index (χ1v) is 12.1. The van der Waals surface area contributed by atoms with Crippen LogP contribution in [-0.4, -0.2) is 30.1 Å². The molecule has 0 bridgehead atoms. The summed E-state index contributed by atoms with van der Waals surface area (Å²) < 4.78 is 18.4. The smallest absolute Gasteiger partial charge is 0.339 e. The number of carbonyl (C=O) groups is 1. The Kier molecular flexibility index (Phi) is 11.0. The average molecular weight is 501 g/mol. The van der Waals surface area contributed by atoms with Crippen molar-refractivity contribution in [2.75, 3.05) is 0 Å². The van der Waals surface area contributed by atoms with Crippen LogP contribution in [0.25, 0.3) is 0 Å². The molecule has 1 aromatic carbocycles. The Morgan fingerprint density at radius 3 is 2.53 bits per heavy atom. The van der Waals surface area contributed by atoms with E-state index >= 15 is 0 Å². The van der Waals surface area contributed by atoms with Crippen molar-refractivity contribution >= 4 is 21.9 Å². The van der Waals surface area contributed by atoms with Crippen LogP contribution in [0.5, 0.6) is 0 Å². The molecule has 1 aliphatic heterocycles. The van der Waals surface area contributed by atoms with Gasteiger partial charge in [0, 0.05) is 10.9 Å². The fourth-order valence-electron chi connectivity index (χ4n) is 3.48. The lowest BCUT2D eigenvalue weighted by Gasteiger charge is -2.16. The van der Waals surface area contributed by atoms with Crippen LogP contribution >= 0.6 is 15.9 Å². The van der Waals surface area contributed by atoms with Crippen molar-refractivity contribution in [3.05, 3.63) is 47.0 Å². The van der Waals surface area contributed by atoms with E-state index in [-0.39, 0.29) is 12.2 Å². The van der Waals surface area contributed by atoms with Crippen LogP contribution in [0.4, 0.5) is 0 Å². The molecule has 172 valence electrons. The first kappa shape index (κ1) is 26.2. The van der Waals surface area contributed by atoms with Crippen molar-refractivity contribution in [1.29, 1.82) is 0 Å². The second-order valence-corrected chi connectivity index (χ2v) is 9.17. The summed E-state index contributed by atoms with van der Waals surface area (Å²) in [5.74, 6) is 10.5. The Hall–Kier alpha value is -2.05. The fourth-order valence-corrected chi connectivity index (χ4v) is 3.75. The van der Waals surface area contributed by atoms with Crippen LogP contribution in [0.15, 0.2) is 41.4 Å². The topological polar surface area (TPSA) is 44.8 Å². The van der Waals surface area contributed by atoms with Gasteiger partial charge in [0.1, 0.15) is 0 Å². The quantitative estimate of drug-likeness (QED) is 0.160. The van der Waals surface area contributed by atoms with Crippen molar-refractivity contribution in [3.63, 3.8) is 0 Å². The average Bonchev–Trinajstić information content (AvgIpc) is 3.06. The van der Waals surface area contributed by atoms with Crippen LogP contribution in [0.1, 0.15) is 76.1 Å². The molecule has 3 atom stereocenters. The minimum atomic E-state index is -0.721. The molecule has 1 aliphatic rings. The van der Waals surface area contributed by atoms with Crippen molar-refractivity contribution < 1.29 is 19.0 Å². The maximum Gasteiger partial charge on any atom is 0.339 e. The van der Waals surface area contributed by atoms with E-state index in [9.17, 15) is 4.79 Å². The van der Waals surface area contributed by atoms with Gasteiger partial charge in [0.2, 0.25) is 0 Å². The summed E-state index contributed by atoms with van der Waals surface area (Å²) in [5.41, 5.74) is 0.453. The highest BCUT2D eigenvalue weighted by Crippen LogP contribution is 2.32. The van der Waals surface area contributed by atoms with Gasteiger partial charge in [-0.3, -0.25) is 0 Å². The van der Waals surface area contributed by atoms with Crippen LogP contribution in [0.2, 0.25) is 0 Å². The van der Waals surface area contributed by atoms with E-state index in [2.05, 4.69) is 53.1 Å². The third kappa shape index (κ3) is 9.21. The Labute approximate surface area is 201 Å². The summed E-state index contributed by atoms with van der Waals surface area (Å²) in [7, 11) is 0. The SMILES string of the molecule is C=C[C@H](C#CC#CC[C@H]1OC(C)(C)O[C@@H]1CCCCCCC)OC(=O)c1ccc(Br)cc1. The molecule has 1 saturated heterocycles. The molecule has 0 aliphatic carbocycles. The molecule has 2 rings (SSSR count). The molecule has 0 N–H and O–H groups in total. The molecule has 5 heteroatoms. The van der Waals surface area contributed by atoms with E-state index in [4.69, 9.17) is 14.2 Å². The first-order chi connectivity index (χ1) is 15.3. The van der Waals surface area contributed by atoms with Gasteiger partial charge in [-0.15, -0.1) is 0 Å². The largest absolute Gasteiger partial charge is 0.441 e. The second-order valence-electron chi connectivity index (χ2n) is 8.26. The van der Waals surface area contributed by atoms with Gasteiger partial charge in [-0.05, 0) is 68.4 Å². The van der Waals surface area contributed by atoms with Crippen molar-refractivity contribution in [1.82, 2.24) is 0 Å². The van der Waals surface area contributed by atoms with Crippen LogP contribution in [0, 0.1) is 23.7 Å². The Morgan fingerprint density at radius 1 is 1.16 bits per heavy atom. The molecule has 0 saturated carbocycles. The molecule has 0 spiro atoms. The zero-order chi connectivity index (χ0) is 23.4. The van der Waals surface area contributed by atoms with Gasteiger partial charge >= 0.3 is 5.97 Å². The van der Waals surface area contributed by atoms with Crippen LogP contribution in [0.3, 0.4) is 0 Å². The molecule has 0 radical (unpaired) electrons. The molecule has 0 aromatic heterocycles. The maximum absolute atomic E-state index is 12.2. The number of carbonyl (C=O) groups excluding carboxylic acids is 1. The summed E-state index contributed by atoms with van der Waals surface area (Å²) in [6, 6.07) is 6.94. The minimum absolute atomic E-state index is 0.0571. The molecule has 1 heterocycles. The van der Waals surface area contributed by atoms with Gasteiger partial charge in [-0.1, -0.05) is 67.5 Å². The second kappa shape index (κ2) is 13.5. The van der Waals surface area contributed by atoms with E-state index in [0.717, 1.165) is 17.3 Å². The highest BCUT2D eigenvalue weighted by molar-refractivity contribution is 9.10.